The fourth-order valence-electron chi connectivity index (χ4n) is 2.66. The molecule has 2 heterocycles. The lowest BCUT2D eigenvalue weighted by Crippen LogP contribution is -2.53. The Balaban J connectivity index is 2.42. The lowest BCUT2D eigenvalue weighted by atomic mass is 9.99. The Bertz CT molecular complexity index is 781. The molecule has 3 N–H and O–H groups in total. The lowest BCUT2D eigenvalue weighted by Gasteiger charge is -2.41. The maximum absolute atomic E-state index is 12.1. The first-order chi connectivity index (χ1) is 12.0. The van der Waals surface area contributed by atoms with Crippen molar-refractivity contribution >= 4 is 14.5 Å². The van der Waals surface area contributed by atoms with Crippen molar-refractivity contribution in [1.82, 2.24) is 9.55 Å². The van der Waals surface area contributed by atoms with Crippen LogP contribution >= 0.6 is 0 Å². The molecule has 26 heavy (non-hydrogen) atoms. The summed E-state index contributed by atoms with van der Waals surface area (Å²) in [5.41, 5.74) is -2.52. The zero-order valence-corrected chi connectivity index (χ0v) is 16.7. The fraction of sp³-hybridized carbons (Fsp3) is 0.688. The SMILES string of the molecule is CC(C)(C)[Si](C)(C)O[C@H]1C[C@H](n2ccc(=O)[nH]c2=O)O[C@]1(C=NO)CO. The Hall–Kier alpha value is -1.75. The van der Waals surface area contributed by atoms with Crippen LogP contribution in [0.25, 0.3) is 0 Å². The van der Waals surface area contributed by atoms with Crippen LogP contribution in [0.3, 0.4) is 0 Å². The third-order valence-electron chi connectivity index (χ3n) is 5.24. The normalized spacial score (nSPS) is 27.3. The minimum absolute atomic E-state index is 0.0859. The van der Waals surface area contributed by atoms with Crippen LogP contribution in [0.4, 0.5) is 0 Å². The van der Waals surface area contributed by atoms with E-state index in [4.69, 9.17) is 14.4 Å². The summed E-state index contributed by atoms with van der Waals surface area (Å²) in [6.07, 6.45) is 1.29. The number of rotatable bonds is 5. The quantitative estimate of drug-likeness (QED) is 0.301. The van der Waals surface area contributed by atoms with E-state index in [1.165, 1.54) is 16.8 Å². The summed E-state index contributed by atoms with van der Waals surface area (Å²) in [5, 5.41) is 22.0. The van der Waals surface area contributed by atoms with Crippen LogP contribution in [0.15, 0.2) is 27.0 Å². The van der Waals surface area contributed by atoms with Gasteiger partial charge in [-0.05, 0) is 18.1 Å². The van der Waals surface area contributed by atoms with Crippen molar-refractivity contribution in [2.75, 3.05) is 6.61 Å². The molecule has 1 aromatic heterocycles. The zero-order chi connectivity index (χ0) is 19.8. The summed E-state index contributed by atoms with van der Waals surface area (Å²) >= 11 is 0. The smallest absolute Gasteiger partial charge is 0.330 e. The third-order valence-corrected chi connectivity index (χ3v) is 9.73. The summed E-state index contributed by atoms with van der Waals surface area (Å²) < 4.78 is 13.5. The average molecular weight is 385 g/mol. The van der Waals surface area contributed by atoms with E-state index in [-0.39, 0.29) is 11.5 Å². The molecule has 0 unspecified atom stereocenters. The molecule has 0 spiro atoms. The highest BCUT2D eigenvalue weighted by Crippen LogP contribution is 2.43. The van der Waals surface area contributed by atoms with E-state index in [1.54, 1.807) is 0 Å². The maximum atomic E-state index is 12.1. The van der Waals surface area contributed by atoms with Gasteiger partial charge in [-0.3, -0.25) is 14.3 Å². The Morgan fingerprint density at radius 3 is 2.65 bits per heavy atom. The first-order valence-corrected chi connectivity index (χ1v) is 11.3. The van der Waals surface area contributed by atoms with Crippen molar-refractivity contribution in [2.24, 2.45) is 5.16 Å². The van der Waals surface area contributed by atoms with E-state index in [0.717, 1.165) is 6.21 Å². The molecule has 0 radical (unpaired) electrons. The topological polar surface area (TPSA) is 126 Å². The third kappa shape index (κ3) is 3.82. The first kappa shape index (κ1) is 20.6. The number of aliphatic hydroxyl groups is 1. The summed E-state index contributed by atoms with van der Waals surface area (Å²) in [4.78, 5) is 25.5. The number of oxime groups is 1. The van der Waals surface area contributed by atoms with Crippen molar-refractivity contribution < 1.29 is 19.5 Å². The van der Waals surface area contributed by atoms with E-state index in [0.29, 0.717) is 0 Å². The van der Waals surface area contributed by atoms with Crippen LogP contribution < -0.4 is 11.2 Å². The highest BCUT2D eigenvalue weighted by molar-refractivity contribution is 6.74. The van der Waals surface area contributed by atoms with Gasteiger partial charge in [0.15, 0.2) is 13.9 Å². The Labute approximate surface area is 152 Å². The average Bonchev–Trinajstić information content (AvgIpc) is 2.84. The standard InChI is InChI=1S/C16H27N3O6Si/c1-15(2,3)26(4,5)25-11-8-13(24-16(11,10-20)9-17-23)19-7-6-12(21)18-14(19)22/h6-7,9,11,13,20,23H,8,10H2,1-5H3,(H,18,21,22)/t11-,13+,16+/m0/s1. The highest BCUT2D eigenvalue weighted by atomic mass is 28.4. The Kier molecular flexibility index (Phi) is 5.62. The minimum Gasteiger partial charge on any atom is -0.411 e. The minimum atomic E-state index is -2.24. The van der Waals surface area contributed by atoms with Crippen molar-refractivity contribution in [3.63, 3.8) is 0 Å². The number of ether oxygens (including phenoxy) is 1. The number of nitrogens with one attached hydrogen (secondary N) is 1. The van der Waals surface area contributed by atoms with Crippen LogP contribution in [0.1, 0.15) is 33.4 Å². The van der Waals surface area contributed by atoms with Gasteiger partial charge in [0.05, 0.1) is 18.9 Å². The van der Waals surface area contributed by atoms with Crippen LogP contribution in [0.5, 0.6) is 0 Å². The van der Waals surface area contributed by atoms with Gasteiger partial charge in [0, 0.05) is 18.7 Å². The monoisotopic (exact) mass is 385 g/mol. The molecule has 3 atom stereocenters. The molecule has 0 aromatic carbocycles. The number of aromatic amines is 1. The van der Waals surface area contributed by atoms with E-state index in [2.05, 4.69) is 44.0 Å². The molecular formula is C16H27N3O6Si. The number of hydrogen-bond donors (Lipinski definition) is 3. The molecule has 9 nitrogen and oxygen atoms in total. The van der Waals surface area contributed by atoms with E-state index in [1.807, 2.05) is 0 Å². The van der Waals surface area contributed by atoms with Crippen molar-refractivity contribution in [1.29, 1.82) is 0 Å². The van der Waals surface area contributed by atoms with Crippen molar-refractivity contribution in [3.8, 4) is 0 Å². The molecule has 0 bridgehead atoms. The molecule has 1 fully saturated rings. The van der Waals surface area contributed by atoms with Crippen LogP contribution in [-0.4, -0.2) is 52.7 Å². The lowest BCUT2D eigenvalue weighted by molar-refractivity contribution is -0.0802. The van der Waals surface area contributed by atoms with Gasteiger partial charge in [-0.1, -0.05) is 25.9 Å². The number of hydrogen-bond acceptors (Lipinski definition) is 7. The Morgan fingerprint density at radius 1 is 1.50 bits per heavy atom. The summed E-state index contributed by atoms with van der Waals surface area (Å²) in [6, 6.07) is 1.22. The molecule has 1 aliphatic heterocycles. The summed E-state index contributed by atoms with van der Waals surface area (Å²) in [6.45, 7) is 9.89. The van der Waals surface area contributed by atoms with Crippen LogP contribution in [-0.2, 0) is 9.16 Å². The molecule has 1 saturated heterocycles. The number of aliphatic hydroxyl groups excluding tert-OH is 1. The molecule has 1 aromatic rings. The molecular weight excluding hydrogens is 358 g/mol. The Morgan fingerprint density at radius 2 is 2.15 bits per heavy atom. The fourth-order valence-corrected chi connectivity index (χ4v) is 4.02. The second-order valence-electron chi connectivity index (χ2n) is 8.05. The largest absolute Gasteiger partial charge is 0.411 e. The van der Waals surface area contributed by atoms with Gasteiger partial charge in [0.1, 0.15) is 6.23 Å². The maximum Gasteiger partial charge on any atom is 0.330 e. The second kappa shape index (κ2) is 7.10. The zero-order valence-electron chi connectivity index (χ0n) is 15.7. The highest BCUT2D eigenvalue weighted by Gasteiger charge is 2.53. The molecule has 1 aliphatic rings. The van der Waals surface area contributed by atoms with Crippen molar-refractivity contribution in [2.45, 2.75) is 63.3 Å². The van der Waals surface area contributed by atoms with Crippen LogP contribution in [0.2, 0.25) is 18.1 Å². The number of nitrogens with zero attached hydrogens (tertiary/aromatic N) is 2. The van der Waals surface area contributed by atoms with Gasteiger partial charge in [0.2, 0.25) is 0 Å². The second-order valence-corrected chi connectivity index (χ2v) is 12.8. The van der Waals surface area contributed by atoms with Gasteiger partial charge in [-0.2, -0.15) is 0 Å². The molecule has 10 heteroatoms. The van der Waals surface area contributed by atoms with Gasteiger partial charge in [-0.15, -0.1) is 0 Å². The molecule has 0 amide bonds. The van der Waals surface area contributed by atoms with Gasteiger partial charge in [0.25, 0.3) is 5.56 Å². The predicted molar refractivity (Wildman–Crippen MR) is 98.2 cm³/mol. The molecule has 0 aliphatic carbocycles. The van der Waals surface area contributed by atoms with Gasteiger partial charge >= 0.3 is 5.69 Å². The predicted octanol–water partition coefficient (Wildman–Crippen LogP) is 1.04. The van der Waals surface area contributed by atoms with Crippen molar-refractivity contribution in [3.05, 3.63) is 33.1 Å². The van der Waals surface area contributed by atoms with E-state index in [9.17, 15) is 14.7 Å². The van der Waals surface area contributed by atoms with E-state index < -0.39 is 44.1 Å². The summed E-state index contributed by atoms with van der Waals surface area (Å²) in [7, 11) is -2.24. The van der Waals surface area contributed by atoms with Crippen LogP contribution in [0, 0.1) is 0 Å². The van der Waals surface area contributed by atoms with Gasteiger partial charge in [-0.25, -0.2) is 4.79 Å². The number of H-pyrrole nitrogens is 1. The summed E-state index contributed by atoms with van der Waals surface area (Å²) in [5.74, 6) is 0. The first-order valence-electron chi connectivity index (χ1n) is 8.42. The molecule has 2 rings (SSSR count). The van der Waals surface area contributed by atoms with Gasteiger partial charge < -0.3 is 19.5 Å². The molecule has 0 saturated carbocycles. The number of aromatic nitrogens is 2. The van der Waals surface area contributed by atoms with E-state index >= 15 is 0 Å². The molecule has 146 valence electrons.